The summed E-state index contributed by atoms with van der Waals surface area (Å²) in [4.78, 5) is 0. The first kappa shape index (κ1) is 15.9. The van der Waals surface area contributed by atoms with Crippen LogP contribution in [-0.4, -0.2) is 46.0 Å². The molecule has 6 heteroatoms. The highest BCUT2D eigenvalue weighted by Gasteiger charge is 2.29. The molecule has 0 spiro atoms. The highest BCUT2D eigenvalue weighted by Crippen LogP contribution is 2.22. The van der Waals surface area contributed by atoms with Crippen LogP contribution in [0.25, 0.3) is 0 Å². The topological polar surface area (TPSA) is 67.4 Å². The zero-order chi connectivity index (χ0) is 13.6. The van der Waals surface area contributed by atoms with Crippen LogP contribution in [-0.2, 0) is 14.8 Å². The summed E-state index contributed by atoms with van der Waals surface area (Å²) in [6.45, 7) is 8.29. The zero-order valence-electron chi connectivity index (χ0n) is 11.6. The van der Waals surface area contributed by atoms with Crippen LogP contribution in [0.5, 0.6) is 0 Å². The zero-order valence-corrected chi connectivity index (χ0v) is 12.4. The van der Waals surface area contributed by atoms with Gasteiger partial charge in [-0.25, -0.2) is 13.1 Å². The average molecular weight is 278 g/mol. The minimum atomic E-state index is -3.22. The van der Waals surface area contributed by atoms with E-state index in [-0.39, 0.29) is 6.10 Å². The van der Waals surface area contributed by atoms with Gasteiger partial charge in [0.2, 0.25) is 10.0 Å². The molecule has 0 aliphatic carbocycles. The highest BCUT2D eigenvalue weighted by atomic mass is 32.2. The molecule has 0 bridgehead atoms. The smallest absolute Gasteiger partial charge is 0.215 e. The van der Waals surface area contributed by atoms with Crippen LogP contribution in [0.2, 0.25) is 0 Å². The van der Waals surface area contributed by atoms with Gasteiger partial charge in [0.15, 0.2) is 0 Å². The Balaban J connectivity index is 2.41. The van der Waals surface area contributed by atoms with Crippen LogP contribution in [0, 0.1) is 5.92 Å². The highest BCUT2D eigenvalue weighted by molar-refractivity contribution is 7.90. The molecule has 0 saturated carbocycles. The minimum Gasteiger partial charge on any atom is -0.378 e. The Morgan fingerprint density at radius 3 is 2.72 bits per heavy atom. The fraction of sp³-hybridized carbons (Fsp3) is 1.00. The Morgan fingerprint density at radius 2 is 2.11 bits per heavy atom. The molecule has 3 atom stereocenters. The summed E-state index contributed by atoms with van der Waals surface area (Å²) >= 11 is 0. The van der Waals surface area contributed by atoms with E-state index in [9.17, 15) is 8.42 Å². The second kappa shape index (κ2) is 7.43. The lowest BCUT2D eigenvalue weighted by Crippen LogP contribution is -2.41. The Morgan fingerprint density at radius 1 is 1.39 bits per heavy atom. The normalized spacial score (nSPS) is 26.4. The van der Waals surface area contributed by atoms with Crippen molar-refractivity contribution in [3.8, 4) is 0 Å². The van der Waals surface area contributed by atoms with E-state index >= 15 is 0 Å². The molecular formula is C12H26N2O3S. The van der Waals surface area contributed by atoms with Gasteiger partial charge in [0.25, 0.3) is 0 Å². The van der Waals surface area contributed by atoms with Crippen molar-refractivity contribution in [1.82, 2.24) is 10.0 Å². The maximum absolute atomic E-state index is 12.0. The first-order chi connectivity index (χ1) is 8.51. The number of ether oxygens (including phenoxy) is 1. The SMILES string of the molecule is CCNCC(C)S(=O)(=O)NCC1CCOC1CC. The van der Waals surface area contributed by atoms with E-state index in [1.54, 1.807) is 6.92 Å². The van der Waals surface area contributed by atoms with Crippen molar-refractivity contribution in [2.75, 3.05) is 26.2 Å². The van der Waals surface area contributed by atoms with Gasteiger partial charge in [-0.1, -0.05) is 13.8 Å². The summed E-state index contributed by atoms with van der Waals surface area (Å²) in [5, 5.41) is 2.66. The Labute approximate surface area is 111 Å². The first-order valence-electron chi connectivity index (χ1n) is 6.82. The van der Waals surface area contributed by atoms with E-state index in [2.05, 4.69) is 17.0 Å². The summed E-state index contributed by atoms with van der Waals surface area (Å²) in [5.41, 5.74) is 0. The predicted molar refractivity (Wildman–Crippen MR) is 73.1 cm³/mol. The van der Waals surface area contributed by atoms with Crippen molar-refractivity contribution >= 4 is 10.0 Å². The van der Waals surface area contributed by atoms with Crippen LogP contribution >= 0.6 is 0 Å². The minimum absolute atomic E-state index is 0.205. The Hall–Kier alpha value is -0.170. The standard InChI is InChI=1S/C12H26N2O3S/c1-4-12-11(6-7-17-12)9-14-18(15,16)10(3)8-13-5-2/h10-14H,4-9H2,1-3H3. The Bertz CT molecular complexity index is 332. The van der Waals surface area contributed by atoms with Crippen molar-refractivity contribution in [2.24, 2.45) is 5.92 Å². The van der Waals surface area contributed by atoms with Crippen molar-refractivity contribution < 1.29 is 13.2 Å². The van der Waals surface area contributed by atoms with Gasteiger partial charge in [-0.3, -0.25) is 0 Å². The lowest BCUT2D eigenvalue weighted by molar-refractivity contribution is 0.0884. The fourth-order valence-corrected chi connectivity index (χ4v) is 3.27. The van der Waals surface area contributed by atoms with Gasteiger partial charge in [0, 0.05) is 25.6 Å². The van der Waals surface area contributed by atoms with Gasteiger partial charge < -0.3 is 10.1 Å². The molecular weight excluding hydrogens is 252 g/mol. The summed E-state index contributed by atoms with van der Waals surface area (Å²) in [6.07, 6.45) is 2.10. The lowest BCUT2D eigenvalue weighted by Gasteiger charge is -2.19. The molecule has 1 fully saturated rings. The van der Waals surface area contributed by atoms with E-state index in [4.69, 9.17) is 4.74 Å². The van der Waals surface area contributed by atoms with E-state index in [0.717, 1.165) is 26.0 Å². The number of hydrogen-bond donors (Lipinski definition) is 2. The van der Waals surface area contributed by atoms with Gasteiger partial charge in [-0.15, -0.1) is 0 Å². The lowest BCUT2D eigenvalue weighted by atomic mass is 10.0. The third-order valence-electron chi connectivity index (χ3n) is 3.51. The predicted octanol–water partition coefficient (Wildman–Crippen LogP) is 0.719. The molecule has 1 rings (SSSR count). The third-order valence-corrected chi connectivity index (χ3v) is 5.30. The van der Waals surface area contributed by atoms with Crippen molar-refractivity contribution in [1.29, 1.82) is 0 Å². The molecule has 5 nitrogen and oxygen atoms in total. The number of sulfonamides is 1. The molecule has 0 aromatic heterocycles. The monoisotopic (exact) mass is 278 g/mol. The quantitative estimate of drug-likeness (QED) is 0.686. The largest absolute Gasteiger partial charge is 0.378 e. The summed E-state index contributed by atoms with van der Waals surface area (Å²) in [6, 6.07) is 0. The number of hydrogen-bond acceptors (Lipinski definition) is 4. The molecule has 0 aromatic rings. The van der Waals surface area contributed by atoms with Gasteiger partial charge in [-0.2, -0.15) is 0 Å². The van der Waals surface area contributed by atoms with Crippen LogP contribution in [0.3, 0.4) is 0 Å². The summed E-state index contributed by atoms with van der Waals surface area (Å²) < 4.78 is 32.3. The molecule has 3 unspecified atom stereocenters. The van der Waals surface area contributed by atoms with Crippen molar-refractivity contribution in [3.63, 3.8) is 0 Å². The summed E-state index contributed by atoms with van der Waals surface area (Å²) in [5.74, 6) is 0.316. The van der Waals surface area contributed by atoms with E-state index in [1.807, 2.05) is 6.92 Å². The molecule has 2 N–H and O–H groups in total. The molecule has 108 valence electrons. The van der Waals surface area contributed by atoms with Gasteiger partial charge in [0.1, 0.15) is 0 Å². The van der Waals surface area contributed by atoms with E-state index in [0.29, 0.717) is 19.0 Å². The van der Waals surface area contributed by atoms with E-state index < -0.39 is 15.3 Å². The second-order valence-corrected chi connectivity index (χ2v) is 7.06. The van der Waals surface area contributed by atoms with Gasteiger partial charge >= 0.3 is 0 Å². The molecule has 1 aliphatic heterocycles. The van der Waals surface area contributed by atoms with Crippen LogP contribution < -0.4 is 10.0 Å². The molecule has 1 aliphatic rings. The maximum atomic E-state index is 12.0. The molecule has 1 saturated heterocycles. The van der Waals surface area contributed by atoms with Crippen LogP contribution in [0.4, 0.5) is 0 Å². The number of rotatable bonds is 8. The average Bonchev–Trinajstić information content (AvgIpc) is 2.80. The van der Waals surface area contributed by atoms with Gasteiger partial charge in [-0.05, 0) is 26.3 Å². The molecule has 0 amide bonds. The third kappa shape index (κ3) is 4.50. The van der Waals surface area contributed by atoms with E-state index in [1.165, 1.54) is 0 Å². The first-order valence-corrected chi connectivity index (χ1v) is 8.36. The van der Waals surface area contributed by atoms with Crippen molar-refractivity contribution in [2.45, 2.75) is 45.0 Å². The summed E-state index contributed by atoms with van der Waals surface area (Å²) in [7, 11) is -3.22. The second-order valence-electron chi connectivity index (χ2n) is 4.88. The maximum Gasteiger partial charge on any atom is 0.215 e. The van der Waals surface area contributed by atoms with Gasteiger partial charge in [0.05, 0.1) is 11.4 Å². The number of nitrogens with one attached hydrogen (secondary N) is 2. The molecule has 1 heterocycles. The van der Waals surface area contributed by atoms with Crippen LogP contribution in [0.15, 0.2) is 0 Å². The molecule has 0 radical (unpaired) electrons. The van der Waals surface area contributed by atoms with Crippen molar-refractivity contribution in [3.05, 3.63) is 0 Å². The Kier molecular flexibility index (Phi) is 6.55. The fourth-order valence-electron chi connectivity index (χ4n) is 2.20. The van der Waals surface area contributed by atoms with Crippen LogP contribution in [0.1, 0.15) is 33.6 Å². The molecule has 0 aromatic carbocycles. The molecule has 18 heavy (non-hydrogen) atoms.